The van der Waals surface area contributed by atoms with Crippen LogP contribution in [0.3, 0.4) is 0 Å². The van der Waals surface area contributed by atoms with Crippen LogP contribution in [0.4, 0.5) is 0 Å². The van der Waals surface area contributed by atoms with Crippen LogP contribution in [-0.2, 0) is 28.6 Å². The van der Waals surface area contributed by atoms with E-state index in [9.17, 15) is 14.4 Å². The van der Waals surface area contributed by atoms with Gasteiger partial charge in [-0.15, -0.1) is 0 Å². The van der Waals surface area contributed by atoms with Gasteiger partial charge in [-0.05, 0) is 70.6 Å². The fourth-order valence-electron chi connectivity index (χ4n) is 6.63. The predicted molar refractivity (Wildman–Crippen MR) is 247 cm³/mol. The molecule has 6 nitrogen and oxygen atoms in total. The largest absolute Gasteiger partial charge is 0.462 e. The van der Waals surface area contributed by atoms with Gasteiger partial charge >= 0.3 is 17.9 Å². The van der Waals surface area contributed by atoms with Crippen LogP contribution in [0.15, 0.2) is 60.8 Å². The molecule has 0 aromatic carbocycles. The van der Waals surface area contributed by atoms with Crippen LogP contribution >= 0.6 is 0 Å². The molecule has 0 aromatic rings. The Morgan fingerprint density at radius 2 is 0.741 bits per heavy atom. The van der Waals surface area contributed by atoms with Gasteiger partial charge in [-0.2, -0.15) is 0 Å². The third-order valence-electron chi connectivity index (χ3n) is 10.3. The van der Waals surface area contributed by atoms with Gasteiger partial charge in [-0.3, -0.25) is 14.4 Å². The summed E-state index contributed by atoms with van der Waals surface area (Å²) in [5.74, 6) is -0.970. The molecular weight excluding hydrogens is 721 g/mol. The summed E-state index contributed by atoms with van der Waals surface area (Å²) in [6.45, 7) is 6.44. The summed E-state index contributed by atoms with van der Waals surface area (Å²) in [6.07, 6.45) is 56.4. The van der Waals surface area contributed by atoms with Gasteiger partial charge in [-0.1, -0.05) is 204 Å². The molecule has 0 aromatic heterocycles. The predicted octanol–water partition coefficient (Wildman–Crippen LogP) is 15.7. The number of ether oxygens (including phenoxy) is 3. The molecule has 0 fully saturated rings. The molecule has 0 saturated carbocycles. The first-order valence-corrected chi connectivity index (χ1v) is 24.3. The molecule has 0 aliphatic rings. The van der Waals surface area contributed by atoms with Crippen molar-refractivity contribution in [2.75, 3.05) is 13.2 Å². The van der Waals surface area contributed by atoms with E-state index < -0.39 is 6.10 Å². The first-order chi connectivity index (χ1) is 28.5. The molecular formula is C52H90O6. The summed E-state index contributed by atoms with van der Waals surface area (Å²) in [5.41, 5.74) is 0. The van der Waals surface area contributed by atoms with E-state index >= 15 is 0 Å². The van der Waals surface area contributed by atoms with Gasteiger partial charge in [0.25, 0.3) is 0 Å². The lowest BCUT2D eigenvalue weighted by molar-refractivity contribution is -0.167. The SMILES string of the molecule is CC/C=C\C/C=C\C/C=C\CCCC(=O)OC(COC(=O)CCCCCCC/C=C\C=C/CCCCCCCCC)COC(=O)CCCCCCCCCCCCC. The average molecular weight is 811 g/mol. The Hall–Kier alpha value is -2.89. The maximum Gasteiger partial charge on any atom is 0.306 e. The van der Waals surface area contributed by atoms with Gasteiger partial charge in [0.2, 0.25) is 0 Å². The maximum absolute atomic E-state index is 12.7. The van der Waals surface area contributed by atoms with Crippen molar-refractivity contribution in [1.82, 2.24) is 0 Å². The number of esters is 3. The van der Waals surface area contributed by atoms with Crippen molar-refractivity contribution < 1.29 is 28.6 Å². The zero-order valence-electron chi connectivity index (χ0n) is 38.0. The van der Waals surface area contributed by atoms with Gasteiger partial charge in [0, 0.05) is 19.3 Å². The number of carbonyl (C=O) groups excluding carboxylic acids is 3. The molecule has 0 aliphatic carbocycles. The molecule has 0 N–H and O–H groups in total. The highest BCUT2D eigenvalue weighted by molar-refractivity contribution is 5.71. The number of hydrogen-bond acceptors (Lipinski definition) is 6. The number of rotatable bonds is 43. The maximum atomic E-state index is 12.7. The number of allylic oxidation sites excluding steroid dienone is 10. The third kappa shape index (κ3) is 44.2. The fourth-order valence-corrected chi connectivity index (χ4v) is 6.63. The van der Waals surface area contributed by atoms with E-state index in [-0.39, 0.29) is 37.5 Å². The van der Waals surface area contributed by atoms with Gasteiger partial charge in [-0.25, -0.2) is 0 Å². The molecule has 0 heterocycles. The zero-order chi connectivity index (χ0) is 42.3. The second-order valence-corrected chi connectivity index (χ2v) is 16.0. The van der Waals surface area contributed by atoms with E-state index in [0.29, 0.717) is 19.3 Å². The number of hydrogen-bond donors (Lipinski definition) is 0. The first-order valence-electron chi connectivity index (χ1n) is 24.3. The second kappa shape index (κ2) is 46.8. The van der Waals surface area contributed by atoms with Crippen LogP contribution in [0.5, 0.6) is 0 Å². The van der Waals surface area contributed by atoms with Gasteiger partial charge in [0.05, 0.1) is 0 Å². The highest BCUT2D eigenvalue weighted by atomic mass is 16.6. The van der Waals surface area contributed by atoms with Crippen molar-refractivity contribution in [1.29, 1.82) is 0 Å². The first kappa shape index (κ1) is 55.1. The Bertz CT molecular complexity index is 1070. The Kier molecular flexibility index (Phi) is 44.5. The smallest absolute Gasteiger partial charge is 0.306 e. The lowest BCUT2D eigenvalue weighted by Gasteiger charge is -2.18. The van der Waals surface area contributed by atoms with Crippen molar-refractivity contribution in [2.45, 2.75) is 239 Å². The van der Waals surface area contributed by atoms with Crippen molar-refractivity contribution >= 4 is 17.9 Å². The van der Waals surface area contributed by atoms with E-state index in [0.717, 1.165) is 83.5 Å². The molecule has 0 rings (SSSR count). The van der Waals surface area contributed by atoms with Crippen LogP contribution in [-0.4, -0.2) is 37.2 Å². The molecule has 0 bridgehead atoms. The van der Waals surface area contributed by atoms with Crippen molar-refractivity contribution in [3.63, 3.8) is 0 Å². The van der Waals surface area contributed by atoms with Crippen LogP contribution < -0.4 is 0 Å². The minimum atomic E-state index is -0.802. The number of carbonyl (C=O) groups is 3. The van der Waals surface area contributed by atoms with E-state index in [4.69, 9.17) is 14.2 Å². The lowest BCUT2D eigenvalue weighted by atomic mass is 10.1. The summed E-state index contributed by atoms with van der Waals surface area (Å²) in [6, 6.07) is 0. The van der Waals surface area contributed by atoms with Gasteiger partial charge in [0.1, 0.15) is 13.2 Å². The van der Waals surface area contributed by atoms with Crippen molar-refractivity contribution in [2.24, 2.45) is 0 Å². The van der Waals surface area contributed by atoms with Crippen LogP contribution in [0.25, 0.3) is 0 Å². The van der Waals surface area contributed by atoms with Crippen LogP contribution in [0.2, 0.25) is 0 Å². The van der Waals surface area contributed by atoms with E-state index in [2.05, 4.69) is 81.5 Å². The Morgan fingerprint density at radius 3 is 1.19 bits per heavy atom. The minimum Gasteiger partial charge on any atom is -0.462 e. The number of unbranched alkanes of at least 4 members (excludes halogenated alkanes) is 23. The fraction of sp³-hybridized carbons (Fsp3) is 0.750. The molecule has 0 amide bonds. The van der Waals surface area contributed by atoms with Gasteiger partial charge < -0.3 is 14.2 Å². The minimum absolute atomic E-state index is 0.0982. The second-order valence-electron chi connectivity index (χ2n) is 16.0. The highest BCUT2D eigenvalue weighted by Crippen LogP contribution is 2.14. The van der Waals surface area contributed by atoms with Gasteiger partial charge in [0.15, 0.2) is 6.10 Å². The summed E-state index contributed by atoms with van der Waals surface area (Å²) in [7, 11) is 0. The summed E-state index contributed by atoms with van der Waals surface area (Å²) in [4.78, 5) is 37.8. The van der Waals surface area contributed by atoms with Crippen LogP contribution in [0, 0.1) is 0 Å². The molecule has 58 heavy (non-hydrogen) atoms. The molecule has 0 aliphatic heterocycles. The Morgan fingerprint density at radius 1 is 0.379 bits per heavy atom. The molecule has 0 saturated heterocycles. The standard InChI is InChI=1S/C52H90O6/c1-4-7-10-13-16-19-22-23-24-25-26-27-28-31-33-36-39-42-45-51(54)57-48-49(58-52(55)46-43-40-37-34-30-21-18-15-12-9-6-3)47-56-50(53)44-41-38-35-32-29-20-17-14-11-8-5-2/h9,12,18,21,24-27,34,37,49H,4-8,10-11,13-17,19-20,22-23,28-33,35-36,38-48H2,1-3H3/b12-9-,21-18-,25-24-,27-26-,37-34-. The van der Waals surface area contributed by atoms with Crippen molar-refractivity contribution in [3.8, 4) is 0 Å². The normalized spacial score (nSPS) is 12.5. The van der Waals surface area contributed by atoms with E-state index in [1.54, 1.807) is 0 Å². The summed E-state index contributed by atoms with van der Waals surface area (Å²) in [5, 5.41) is 0. The molecule has 0 spiro atoms. The molecule has 0 radical (unpaired) electrons. The highest BCUT2D eigenvalue weighted by Gasteiger charge is 2.19. The molecule has 1 atom stereocenters. The van der Waals surface area contributed by atoms with E-state index in [1.807, 2.05) is 0 Å². The topological polar surface area (TPSA) is 78.9 Å². The zero-order valence-corrected chi connectivity index (χ0v) is 38.0. The Balaban J connectivity index is 4.40. The molecule has 334 valence electrons. The van der Waals surface area contributed by atoms with E-state index in [1.165, 1.54) is 103 Å². The molecule has 6 heteroatoms. The quantitative estimate of drug-likeness (QED) is 0.0201. The average Bonchev–Trinajstić information content (AvgIpc) is 3.22. The lowest BCUT2D eigenvalue weighted by Crippen LogP contribution is -2.30. The monoisotopic (exact) mass is 811 g/mol. The summed E-state index contributed by atoms with van der Waals surface area (Å²) < 4.78 is 16.7. The van der Waals surface area contributed by atoms with Crippen LogP contribution in [0.1, 0.15) is 233 Å². The molecule has 1 unspecified atom stereocenters. The van der Waals surface area contributed by atoms with Crippen molar-refractivity contribution in [3.05, 3.63) is 60.8 Å². The summed E-state index contributed by atoms with van der Waals surface area (Å²) >= 11 is 0. The third-order valence-corrected chi connectivity index (χ3v) is 10.3. The Labute approximate surface area is 358 Å².